The van der Waals surface area contributed by atoms with Gasteiger partial charge in [-0.1, -0.05) is 18.2 Å². The number of nitrogens with zero attached hydrogens (tertiary/aromatic N) is 3. The van der Waals surface area contributed by atoms with Gasteiger partial charge in [-0.3, -0.25) is 9.12 Å². The maximum absolute atomic E-state index is 15.1. The molecule has 5 heterocycles. The molecule has 53 heavy (non-hydrogen) atoms. The lowest BCUT2D eigenvalue weighted by Gasteiger charge is -2.42. The minimum Gasteiger partial charge on any atom is -0.490 e. The van der Waals surface area contributed by atoms with Gasteiger partial charge in [0.15, 0.2) is 11.8 Å². The number of aliphatic carboxylic acids is 1. The number of hydrogen-bond donors (Lipinski definition) is 2. The third-order valence-corrected chi connectivity index (χ3v) is 10.6. The molecule has 286 valence electrons. The normalized spacial score (nSPS) is 20.5. The van der Waals surface area contributed by atoms with E-state index in [0.717, 1.165) is 31.1 Å². The van der Waals surface area contributed by atoms with Crippen molar-refractivity contribution < 1.29 is 36.9 Å². The molecule has 0 amide bonds. The number of imidazole rings is 1. The number of anilines is 2. The van der Waals surface area contributed by atoms with Crippen molar-refractivity contribution in [2.24, 2.45) is 0 Å². The van der Waals surface area contributed by atoms with Gasteiger partial charge in [-0.05, 0) is 115 Å². The molecule has 2 aromatic heterocycles. The summed E-state index contributed by atoms with van der Waals surface area (Å²) in [6, 6.07) is 10.8. The van der Waals surface area contributed by atoms with Crippen molar-refractivity contribution in [3.63, 3.8) is 0 Å². The molecule has 2 aromatic carbocycles. The molecule has 0 unspecified atom stereocenters. The Hall–Kier alpha value is -4.20. The summed E-state index contributed by atoms with van der Waals surface area (Å²) in [5.41, 5.74) is 2.96. The van der Waals surface area contributed by atoms with Crippen LogP contribution < -0.4 is 14.4 Å². The molecule has 2 N–H and O–H groups in total. The van der Waals surface area contributed by atoms with Gasteiger partial charge in [0.25, 0.3) is 0 Å². The van der Waals surface area contributed by atoms with E-state index in [0.29, 0.717) is 83.3 Å². The summed E-state index contributed by atoms with van der Waals surface area (Å²) in [6.07, 6.45) is 5.22. The summed E-state index contributed by atoms with van der Waals surface area (Å²) in [7, 11) is -3.84. The average Bonchev–Trinajstić information content (AvgIpc) is 3.51. The number of fused-ring (bicyclic) bond motifs is 8. The maximum Gasteiger partial charge on any atom is 0.337 e. The number of pyridine rings is 1. The Morgan fingerprint density at radius 3 is 2.49 bits per heavy atom. The molecule has 13 heteroatoms. The van der Waals surface area contributed by atoms with Crippen molar-refractivity contribution in [2.75, 3.05) is 35.6 Å². The second kappa shape index (κ2) is 14.6. The van der Waals surface area contributed by atoms with Gasteiger partial charge in [-0.15, -0.1) is 0 Å². The second-order valence-corrected chi connectivity index (χ2v) is 17.5. The average molecular weight is 751 g/mol. The van der Waals surface area contributed by atoms with E-state index < -0.39 is 27.7 Å². The highest BCUT2D eigenvalue weighted by Crippen LogP contribution is 2.43. The smallest absolute Gasteiger partial charge is 0.337 e. The molecule has 3 aliphatic rings. The fraction of sp³-hybridized carbons (Fsp3) is 0.500. The first kappa shape index (κ1) is 38.5. The molecular weight excluding hydrogens is 700 g/mol. The Morgan fingerprint density at radius 1 is 1.13 bits per heavy atom. The summed E-state index contributed by atoms with van der Waals surface area (Å²) in [5, 5.41) is 10.7. The van der Waals surface area contributed by atoms with Crippen LogP contribution in [0.2, 0.25) is 0 Å². The third kappa shape index (κ3) is 8.47. The van der Waals surface area contributed by atoms with Gasteiger partial charge >= 0.3 is 5.97 Å². The zero-order valence-electron chi connectivity index (χ0n) is 31.9. The van der Waals surface area contributed by atoms with Crippen LogP contribution in [0.4, 0.5) is 15.9 Å². The van der Waals surface area contributed by atoms with Gasteiger partial charge in [-0.25, -0.2) is 22.6 Å². The Kier molecular flexibility index (Phi) is 10.6. The van der Waals surface area contributed by atoms with Gasteiger partial charge in [0, 0.05) is 42.6 Å². The van der Waals surface area contributed by atoms with E-state index in [9.17, 15) is 18.3 Å². The SMILES string of the molecule is Cc1cc2c(cc1F)-c1cccc(c1)-c1cn3c(c([C@H](OC(C)(C)C)C(=O)O)c(C)c(NS(C)(=O)=O)c3n1)N1CCC(C)(CC1)OCCCC[C@H](C)O2. The number of benzene rings is 2. The Bertz CT molecular complexity index is 2130. The topological polar surface area (TPSA) is 132 Å². The number of aryl methyl sites for hydroxylation is 1. The van der Waals surface area contributed by atoms with E-state index >= 15 is 4.39 Å². The number of carbonyl (C=O) groups is 1. The molecule has 7 rings (SSSR count). The van der Waals surface area contributed by atoms with E-state index in [1.807, 2.05) is 31.2 Å². The summed E-state index contributed by atoms with van der Waals surface area (Å²) in [6.45, 7) is 14.6. The van der Waals surface area contributed by atoms with E-state index in [2.05, 4.69) is 16.5 Å². The van der Waals surface area contributed by atoms with Gasteiger partial charge in [0.05, 0.1) is 34.9 Å². The number of carboxylic acid groups (broad SMARTS) is 1. The molecule has 2 atom stereocenters. The van der Waals surface area contributed by atoms with Crippen LogP contribution in [-0.2, 0) is 24.3 Å². The molecule has 11 nitrogen and oxygen atoms in total. The Balaban J connectivity index is 1.64. The molecule has 6 bridgehead atoms. The predicted molar refractivity (Wildman–Crippen MR) is 205 cm³/mol. The van der Waals surface area contributed by atoms with E-state index in [4.69, 9.17) is 19.2 Å². The highest BCUT2D eigenvalue weighted by molar-refractivity contribution is 7.92. The second-order valence-electron chi connectivity index (χ2n) is 15.8. The highest BCUT2D eigenvalue weighted by atomic mass is 32.2. The molecule has 0 spiro atoms. The first-order chi connectivity index (χ1) is 24.8. The zero-order valence-corrected chi connectivity index (χ0v) is 32.7. The van der Waals surface area contributed by atoms with Crippen LogP contribution in [0.15, 0.2) is 42.6 Å². The maximum atomic E-state index is 15.1. The lowest BCUT2D eigenvalue weighted by Crippen LogP contribution is -2.45. The minimum absolute atomic E-state index is 0.113. The van der Waals surface area contributed by atoms with Gasteiger partial charge < -0.3 is 24.2 Å². The van der Waals surface area contributed by atoms with E-state index in [-0.39, 0.29) is 23.2 Å². The molecule has 0 saturated carbocycles. The monoisotopic (exact) mass is 750 g/mol. The summed E-state index contributed by atoms with van der Waals surface area (Å²) >= 11 is 0. The van der Waals surface area contributed by atoms with Crippen molar-refractivity contribution in [2.45, 2.75) is 104 Å². The van der Waals surface area contributed by atoms with E-state index in [1.54, 1.807) is 51.3 Å². The number of hydrogen-bond acceptors (Lipinski definition) is 8. The molecule has 0 radical (unpaired) electrons. The Labute approximate surface area is 311 Å². The van der Waals surface area contributed by atoms with Crippen molar-refractivity contribution >= 4 is 33.1 Å². The van der Waals surface area contributed by atoms with Crippen molar-refractivity contribution in [1.29, 1.82) is 0 Å². The lowest BCUT2D eigenvalue weighted by molar-refractivity contribution is -0.160. The predicted octanol–water partition coefficient (Wildman–Crippen LogP) is 8.06. The summed E-state index contributed by atoms with van der Waals surface area (Å²) in [5.74, 6) is -0.416. The van der Waals surface area contributed by atoms with Crippen LogP contribution >= 0.6 is 0 Å². The zero-order chi connectivity index (χ0) is 38.5. The fourth-order valence-corrected chi connectivity index (χ4v) is 7.89. The molecule has 1 saturated heterocycles. The number of nitrogens with one attached hydrogen (secondary N) is 1. The largest absolute Gasteiger partial charge is 0.490 e. The number of rotatable bonds is 5. The number of halogens is 1. The standard InChI is InChI=1S/C40H51FN4O7S/c1-24-20-32-29(22-30(24)41)27-13-11-14-28(21-27)31-23-45-36(42-31)34(43-53(8,48)49)26(3)33(35(38(46)47)52-39(4,5)6)37(45)44-17-15-40(7,16-18-44)50-19-10-9-12-25(2)51-32/h11,13-14,20-23,25,35,43H,9-10,12,15-19H2,1-8H3,(H,46,47)/t25-,35-/m0/s1. The van der Waals surface area contributed by atoms with Crippen LogP contribution in [0.25, 0.3) is 28.0 Å². The van der Waals surface area contributed by atoms with Crippen molar-refractivity contribution in [1.82, 2.24) is 9.38 Å². The van der Waals surface area contributed by atoms with Crippen LogP contribution in [0, 0.1) is 19.7 Å². The molecule has 1 fully saturated rings. The van der Waals surface area contributed by atoms with Crippen LogP contribution in [-0.4, -0.2) is 72.1 Å². The molecule has 4 aromatic rings. The van der Waals surface area contributed by atoms with Gasteiger partial charge in [0.1, 0.15) is 17.4 Å². The quantitative estimate of drug-likeness (QED) is 0.208. The van der Waals surface area contributed by atoms with Gasteiger partial charge in [-0.2, -0.15) is 0 Å². The lowest BCUT2D eigenvalue weighted by atomic mass is 9.92. The minimum atomic E-state index is -3.84. The Morgan fingerprint density at radius 2 is 1.83 bits per heavy atom. The number of carboxylic acids is 1. The first-order valence-electron chi connectivity index (χ1n) is 18.2. The van der Waals surface area contributed by atoms with Crippen LogP contribution in [0.1, 0.15) is 89.5 Å². The highest BCUT2D eigenvalue weighted by Gasteiger charge is 2.38. The van der Waals surface area contributed by atoms with Crippen molar-refractivity contribution in [3.8, 4) is 28.1 Å². The molecule has 0 aliphatic carbocycles. The van der Waals surface area contributed by atoms with Crippen LogP contribution in [0.5, 0.6) is 5.75 Å². The number of sulfonamides is 1. The summed E-state index contributed by atoms with van der Waals surface area (Å²) < 4.78 is 64.5. The third-order valence-electron chi connectivity index (χ3n) is 10.1. The van der Waals surface area contributed by atoms with Crippen molar-refractivity contribution in [3.05, 3.63) is 65.1 Å². The van der Waals surface area contributed by atoms with Gasteiger partial charge in [0.2, 0.25) is 10.0 Å². The first-order valence-corrected chi connectivity index (χ1v) is 20.1. The number of piperidine rings is 1. The van der Waals surface area contributed by atoms with E-state index in [1.165, 1.54) is 6.07 Å². The number of ether oxygens (including phenoxy) is 3. The summed E-state index contributed by atoms with van der Waals surface area (Å²) in [4.78, 5) is 20.2. The molecule has 3 aliphatic heterocycles. The number of aromatic nitrogens is 2. The fourth-order valence-electron chi connectivity index (χ4n) is 7.28. The molecular formula is C40H51FN4O7S. The van der Waals surface area contributed by atoms with Crippen LogP contribution in [0.3, 0.4) is 0 Å².